The predicted octanol–water partition coefficient (Wildman–Crippen LogP) is 2.60. The lowest BCUT2D eigenvalue weighted by atomic mass is 10.1. The molecular weight excluding hydrogens is 220 g/mol. The minimum atomic E-state index is -0.869. The number of nitrogens with zero attached hydrogens (tertiary/aromatic N) is 2. The molecule has 0 aromatic heterocycles. The van der Waals surface area contributed by atoms with Crippen LogP contribution < -0.4 is 0 Å². The maximum atomic E-state index is 11.0. The number of rotatable bonds is 5. The molecule has 5 nitrogen and oxygen atoms in total. The Balaban J connectivity index is 2.01. The van der Waals surface area contributed by atoms with Crippen molar-refractivity contribution >= 4 is 6.09 Å². The summed E-state index contributed by atoms with van der Waals surface area (Å²) in [6.07, 6.45) is 1.05. The molecule has 1 aromatic rings. The fraction of sp³-hybridized carbons (Fsp3) is 0.417. The first-order chi connectivity index (χ1) is 8.20. The summed E-state index contributed by atoms with van der Waals surface area (Å²) in [4.78, 5) is 22.6. The van der Waals surface area contributed by atoms with Crippen molar-refractivity contribution in [3.63, 3.8) is 0 Å². The standard InChI is InChI=1S/C12H14N2O3/c15-12(16)14(11-5-6-11)8-10-3-1-9(2-4-10)7-13-17/h1-4,11H,5-8H2,(H,15,16). The van der Waals surface area contributed by atoms with Crippen molar-refractivity contribution in [3.05, 3.63) is 40.3 Å². The number of carboxylic acid groups (broad SMARTS) is 1. The van der Waals surface area contributed by atoms with Gasteiger partial charge in [-0.05, 0) is 24.0 Å². The minimum absolute atomic E-state index is 0.158. The average Bonchev–Trinajstić information content (AvgIpc) is 3.12. The van der Waals surface area contributed by atoms with E-state index in [2.05, 4.69) is 5.18 Å². The Labute approximate surface area is 99.0 Å². The van der Waals surface area contributed by atoms with E-state index >= 15 is 0 Å². The highest BCUT2D eigenvalue weighted by Crippen LogP contribution is 2.28. The molecule has 1 aliphatic carbocycles. The van der Waals surface area contributed by atoms with Crippen LogP contribution in [-0.2, 0) is 13.1 Å². The van der Waals surface area contributed by atoms with Gasteiger partial charge in [-0.3, -0.25) is 0 Å². The molecule has 1 aromatic carbocycles. The molecule has 5 heteroatoms. The molecule has 0 bridgehead atoms. The second kappa shape index (κ2) is 4.95. The van der Waals surface area contributed by atoms with Crippen LogP contribution in [0.4, 0.5) is 4.79 Å². The maximum Gasteiger partial charge on any atom is 0.407 e. The Hall–Kier alpha value is -1.91. The summed E-state index contributed by atoms with van der Waals surface area (Å²) >= 11 is 0. The summed E-state index contributed by atoms with van der Waals surface area (Å²) in [7, 11) is 0. The van der Waals surface area contributed by atoms with Crippen molar-refractivity contribution in [1.29, 1.82) is 0 Å². The Morgan fingerprint density at radius 3 is 2.35 bits per heavy atom. The molecule has 1 N–H and O–H groups in total. The lowest BCUT2D eigenvalue weighted by molar-refractivity contribution is 0.139. The van der Waals surface area contributed by atoms with Gasteiger partial charge in [-0.25, -0.2) is 4.79 Å². The van der Waals surface area contributed by atoms with E-state index in [4.69, 9.17) is 5.11 Å². The van der Waals surface area contributed by atoms with Crippen LogP contribution in [0, 0.1) is 4.91 Å². The average molecular weight is 234 g/mol. The predicted molar refractivity (Wildman–Crippen MR) is 62.5 cm³/mol. The van der Waals surface area contributed by atoms with Crippen LogP contribution in [0.3, 0.4) is 0 Å². The van der Waals surface area contributed by atoms with E-state index in [-0.39, 0.29) is 12.6 Å². The highest BCUT2D eigenvalue weighted by atomic mass is 16.4. The van der Waals surface area contributed by atoms with Gasteiger partial charge in [0, 0.05) is 12.6 Å². The summed E-state index contributed by atoms with van der Waals surface area (Å²) < 4.78 is 0. The van der Waals surface area contributed by atoms with Gasteiger partial charge >= 0.3 is 6.09 Å². The van der Waals surface area contributed by atoms with Crippen molar-refractivity contribution in [3.8, 4) is 0 Å². The summed E-state index contributed by atoms with van der Waals surface area (Å²) in [6.45, 7) is 0.570. The lowest BCUT2D eigenvalue weighted by Crippen LogP contribution is -2.30. The van der Waals surface area contributed by atoms with E-state index in [1.54, 1.807) is 0 Å². The van der Waals surface area contributed by atoms with Gasteiger partial charge in [0.05, 0.1) is 0 Å². The van der Waals surface area contributed by atoms with Gasteiger partial charge in [-0.2, -0.15) is 4.91 Å². The smallest absolute Gasteiger partial charge is 0.407 e. The van der Waals surface area contributed by atoms with Crippen LogP contribution in [0.1, 0.15) is 24.0 Å². The van der Waals surface area contributed by atoms with Crippen molar-refractivity contribution in [2.45, 2.75) is 32.0 Å². The normalized spacial score (nSPS) is 14.4. The molecule has 0 unspecified atom stereocenters. The Morgan fingerprint density at radius 2 is 1.88 bits per heavy atom. The summed E-state index contributed by atoms with van der Waals surface area (Å²) in [5.74, 6) is 0. The van der Waals surface area contributed by atoms with E-state index in [1.807, 2.05) is 24.3 Å². The van der Waals surface area contributed by atoms with Crippen LogP contribution in [-0.4, -0.2) is 22.1 Å². The van der Waals surface area contributed by atoms with E-state index < -0.39 is 6.09 Å². The zero-order valence-corrected chi connectivity index (χ0v) is 9.37. The first-order valence-corrected chi connectivity index (χ1v) is 5.57. The zero-order chi connectivity index (χ0) is 12.3. The number of carbonyl (C=O) groups is 1. The molecule has 0 atom stereocenters. The largest absolute Gasteiger partial charge is 0.465 e. The summed E-state index contributed by atoms with van der Waals surface area (Å²) in [6, 6.07) is 7.49. The third kappa shape index (κ3) is 3.03. The zero-order valence-electron chi connectivity index (χ0n) is 9.37. The molecular formula is C12H14N2O3. The molecule has 0 heterocycles. The first kappa shape index (κ1) is 11.6. The second-order valence-corrected chi connectivity index (χ2v) is 4.25. The summed E-state index contributed by atoms with van der Waals surface area (Å²) in [5.41, 5.74) is 1.78. The van der Waals surface area contributed by atoms with Gasteiger partial charge in [0.2, 0.25) is 0 Å². The van der Waals surface area contributed by atoms with Crippen molar-refractivity contribution in [1.82, 2.24) is 4.90 Å². The molecule has 1 aliphatic rings. The minimum Gasteiger partial charge on any atom is -0.465 e. The van der Waals surface area contributed by atoms with Gasteiger partial charge in [0.15, 0.2) is 0 Å². The van der Waals surface area contributed by atoms with E-state index in [9.17, 15) is 9.70 Å². The SMILES string of the molecule is O=NCc1ccc(CN(C(=O)O)C2CC2)cc1. The Bertz CT molecular complexity index is 412. The molecule has 1 fully saturated rings. The van der Waals surface area contributed by atoms with Gasteiger partial charge in [0.25, 0.3) is 0 Å². The van der Waals surface area contributed by atoms with E-state index in [1.165, 1.54) is 4.90 Å². The first-order valence-electron chi connectivity index (χ1n) is 5.57. The molecule has 2 rings (SSSR count). The van der Waals surface area contributed by atoms with Crippen LogP contribution in [0.2, 0.25) is 0 Å². The Kier molecular flexibility index (Phi) is 3.37. The van der Waals surface area contributed by atoms with Crippen molar-refractivity contribution < 1.29 is 9.90 Å². The number of hydrogen-bond acceptors (Lipinski definition) is 3. The number of benzene rings is 1. The number of hydrogen-bond donors (Lipinski definition) is 1. The lowest BCUT2D eigenvalue weighted by Gasteiger charge is -2.18. The molecule has 1 saturated carbocycles. The van der Waals surface area contributed by atoms with Gasteiger partial charge in [0.1, 0.15) is 6.54 Å². The monoisotopic (exact) mass is 234 g/mol. The third-order valence-corrected chi connectivity index (χ3v) is 2.86. The molecule has 90 valence electrons. The highest BCUT2D eigenvalue weighted by Gasteiger charge is 2.32. The molecule has 17 heavy (non-hydrogen) atoms. The van der Waals surface area contributed by atoms with E-state index in [0.717, 1.165) is 24.0 Å². The fourth-order valence-electron chi connectivity index (χ4n) is 1.76. The highest BCUT2D eigenvalue weighted by molar-refractivity contribution is 5.66. The Morgan fingerprint density at radius 1 is 1.29 bits per heavy atom. The molecule has 1 amide bonds. The van der Waals surface area contributed by atoms with Gasteiger partial charge in [-0.15, -0.1) is 0 Å². The summed E-state index contributed by atoms with van der Waals surface area (Å²) in [5, 5.41) is 11.9. The fourth-order valence-corrected chi connectivity index (χ4v) is 1.76. The van der Waals surface area contributed by atoms with Gasteiger partial charge in [-0.1, -0.05) is 29.4 Å². The number of nitroso groups, excluding NO2 is 1. The van der Waals surface area contributed by atoms with E-state index in [0.29, 0.717) is 6.54 Å². The molecule has 0 spiro atoms. The van der Waals surface area contributed by atoms with Crippen molar-refractivity contribution in [2.24, 2.45) is 5.18 Å². The topological polar surface area (TPSA) is 70.0 Å². The van der Waals surface area contributed by atoms with Crippen LogP contribution in [0.15, 0.2) is 29.4 Å². The second-order valence-electron chi connectivity index (χ2n) is 4.25. The van der Waals surface area contributed by atoms with Crippen LogP contribution in [0.5, 0.6) is 0 Å². The van der Waals surface area contributed by atoms with Gasteiger partial charge < -0.3 is 10.0 Å². The molecule has 0 aliphatic heterocycles. The molecule has 0 saturated heterocycles. The van der Waals surface area contributed by atoms with Crippen LogP contribution in [0.25, 0.3) is 0 Å². The molecule has 0 radical (unpaired) electrons. The van der Waals surface area contributed by atoms with Crippen LogP contribution >= 0.6 is 0 Å². The number of amides is 1. The maximum absolute atomic E-state index is 11.0. The third-order valence-electron chi connectivity index (χ3n) is 2.86. The van der Waals surface area contributed by atoms with Crippen molar-refractivity contribution in [2.75, 3.05) is 0 Å². The quantitative estimate of drug-likeness (QED) is 0.796.